The quantitative estimate of drug-likeness (QED) is 0.237. The van der Waals surface area contributed by atoms with Crippen molar-refractivity contribution in [2.45, 2.75) is 53.0 Å². The van der Waals surface area contributed by atoms with Crippen molar-refractivity contribution in [2.75, 3.05) is 39.3 Å². The van der Waals surface area contributed by atoms with Gasteiger partial charge in [0, 0.05) is 45.3 Å². The van der Waals surface area contributed by atoms with Crippen LogP contribution >= 0.6 is 24.0 Å². The van der Waals surface area contributed by atoms with Crippen LogP contribution in [0.5, 0.6) is 0 Å². The van der Waals surface area contributed by atoms with Gasteiger partial charge >= 0.3 is 0 Å². The lowest BCUT2D eigenvalue weighted by Crippen LogP contribution is -2.42. The van der Waals surface area contributed by atoms with Gasteiger partial charge in [0.2, 0.25) is 0 Å². The van der Waals surface area contributed by atoms with Crippen LogP contribution in [-0.4, -0.2) is 61.1 Å². The van der Waals surface area contributed by atoms with E-state index in [4.69, 9.17) is 4.99 Å². The molecule has 0 aliphatic carbocycles. The predicted octanol–water partition coefficient (Wildman–Crippen LogP) is 3.34. The van der Waals surface area contributed by atoms with Gasteiger partial charge in [0.1, 0.15) is 0 Å². The Hall–Kier alpha value is -0.300. The number of guanidine groups is 1. The van der Waals surface area contributed by atoms with Crippen LogP contribution in [0.3, 0.4) is 0 Å². The zero-order valence-electron chi connectivity index (χ0n) is 15.3. The molecule has 134 valence electrons. The minimum Gasteiger partial charge on any atom is -0.357 e. The van der Waals surface area contributed by atoms with E-state index < -0.39 is 0 Å². The highest BCUT2D eigenvalue weighted by Gasteiger charge is 2.29. The maximum Gasteiger partial charge on any atom is 0.193 e. The van der Waals surface area contributed by atoms with Gasteiger partial charge in [-0.25, -0.2) is 0 Å². The molecule has 2 aliphatic rings. The van der Waals surface area contributed by atoms with Gasteiger partial charge in [-0.3, -0.25) is 9.89 Å². The van der Waals surface area contributed by atoms with Crippen LogP contribution in [0.2, 0.25) is 0 Å². The average molecular weight is 434 g/mol. The summed E-state index contributed by atoms with van der Waals surface area (Å²) in [4.78, 5) is 9.88. The van der Waals surface area contributed by atoms with Crippen molar-refractivity contribution in [1.82, 2.24) is 15.1 Å². The van der Waals surface area contributed by atoms with E-state index in [0.717, 1.165) is 45.2 Å². The van der Waals surface area contributed by atoms with Crippen LogP contribution in [-0.2, 0) is 0 Å². The second kappa shape index (κ2) is 9.87. The molecule has 5 heteroatoms. The van der Waals surface area contributed by atoms with Gasteiger partial charge in [-0.1, -0.05) is 32.9 Å². The van der Waals surface area contributed by atoms with E-state index in [1.54, 1.807) is 0 Å². The zero-order chi connectivity index (χ0) is 16.0. The zero-order valence-corrected chi connectivity index (χ0v) is 17.7. The molecule has 1 atom stereocenters. The smallest absolute Gasteiger partial charge is 0.193 e. The van der Waals surface area contributed by atoms with Gasteiger partial charge in [0.25, 0.3) is 0 Å². The molecule has 0 aromatic rings. The van der Waals surface area contributed by atoms with Crippen LogP contribution in [0.25, 0.3) is 0 Å². The molecule has 0 amide bonds. The maximum atomic E-state index is 4.86. The third kappa shape index (κ3) is 6.99. The van der Waals surface area contributed by atoms with E-state index in [-0.39, 0.29) is 24.0 Å². The fraction of sp³-hybridized carbons (Fsp3) is 0.833. The summed E-state index contributed by atoms with van der Waals surface area (Å²) in [6, 6.07) is 0.688. The van der Waals surface area contributed by atoms with E-state index in [1.165, 1.54) is 19.3 Å². The number of nitrogens with zero attached hydrogens (tertiary/aromatic N) is 3. The van der Waals surface area contributed by atoms with Crippen LogP contribution < -0.4 is 5.32 Å². The van der Waals surface area contributed by atoms with E-state index in [1.807, 2.05) is 0 Å². The molecule has 23 heavy (non-hydrogen) atoms. The second-order valence-electron chi connectivity index (χ2n) is 7.71. The molecule has 1 fully saturated rings. The highest BCUT2D eigenvalue weighted by atomic mass is 127. The summed E-state index contributed by atoms with van der Waals surface area (Å²) in [7, 11) is 0. The molecule has 4 nitrogen and oxygen atoms in total. The Balaban J connectivity index is 0.00000264. The molecule has 2 aliphatic heterocycles. The number of hydrogen-bond donors (Lipinski definition) is 1. The van der Waals surface area contributed by atoms with Gasteiger partial charge in [-0.15, -0.1) is 24.0 Å². The Labute approximate surface area is 159 Å². The summed E-state index contributed by atoms with van der Waals surface area (Å²) < 4.78 is 0. The van der Waals surface area contributed by atoms with Crippen LogP contribution in [0.4, 0.5) is 0 Å². The molecule has 1 N–H and O–H groups in total. The Morgan fingerprint density at radius 3 is 2.57 bits per heavy atom. The molecular weight excluding hydrogens is 399 g/mol. The normalized spacial score (nSPS) is 22.5. The number of hydrogen-bond acceptors (Lipinski definition) is 2. The van der Waals surface area contributed by atoms with Gasteiger partial charge < -0.3 is 10.2 Å². The number of halogens is 1. The number of nitrogens with one attached hydrogen (secondary N) is 1. The summed E-state index contributed by atoms with van der Waals surface area (Å²) in [5, 5.41) is 3.48. The van der Waals surface area contributed by atoms with Crippen molar-refractivity contribution >= 4 is 29.9 Å². The van der Waals surface area contributed by atoms with Crippen LogP contribution in [0, 0.1) is 5.41 Å². The van der Waals surface area contributed by atoms with E-state index in [2.05, 4.69) is 55.0 Å². The number of rotatable bonds is 5. The highest BCUT2D eigenvalue weighted by Crippen LogP contribution is 2.21. The van der Waals surface area contributed by atoms with Crippen molar-refractivity contribution in [3.05, 3.63) is 12.2 Å². The standard InChI is InChI=1S/C18H34N4.HI/c1-5-19-17(20-11-8-10-18(2,3)4)22-14-9-16(15-22)21-12-6-7-13-21;/h6-7,16H,5,8-15H2,1-4H3,(H,19,20);1H. The van der Waals surface area contributed by atoms with Crippen molar-refractivity contribution in [1.29, 1.82) is 0 Å². The monoisotopic (exact) mass is 434 g/mol. The topological polar surface area (TPSA) is 30.9 Å². The fourth-order valence-electron chi connectivity index (χ4n) is 3.24. The molecule has 2 rings (SSSR count). The molecule has 1 unspecified atom stereocenters. The lowest BCUT2D eigenvalue weighted by Gasteiger charge is -2.25. The van der Waals surface area contributed by atoms with Crippen molar-refractivity contribution in [2.24, 2.45) is 10.4 Å². The van der Waals surface area contributed by atoms with Gasteiger partial charge in [-0.05, 0) is 31.6 Å². The van der Waals surface area contributed by atoms with Gasteiger partial charge in [-0.2, -0.15) is 0 Å². The van der Waals surface area contributed by atoms with Crippen molar-refractivity contribution < 1.29 is 0 Å². The van der Waals surface area contributed by atoms with Crippen molar-refractivity contribution in [3.63, 3.8) is 0 Å². The summed E-state index contributed by atoms with van der Waals surface area (Å²) in [5.74, 6) is 1.12. The third-order valence-electron chi connectivity index (χ3n) is 4.51. The van der Waals surface area contributed by atoms with E-state index in [0.29, 0.717) is 11.5 Å². The van der Waals surface area contributed by atoms with Crippen LogP contribution in [0.15, 0.2) is 17.1 Å². The van der Waals surface area contributed by atoms with Gasteiger partial charge in [0.15, 0.2) is 5.96 Å². The molecule has 0 saturated carbocycles. The minimum absolute atomic E-state index is 0. The molecular formula is C18H35IN4. The average Bonchev–Trinajstić information content (AvgIpc) is 3.10. The van der Waals surface area contributed by atoms with E-state index >= 15 is 0 Å². The SMILES string of the molecule is CCNC(=NCCCC(C)(C)C)N1CCC(N2CC=CC2)C1.I. The second-order valence-corrected chi connectivity index (χ2v) is 7.71. The first kappa shape index (κ1) is 20.7. The molecule has 0 aromatic heterocycles. The molecule has 0 bridgehead atoms. The summed E-state index contributed by atoms with van der Waals surface area (Å²) in [6.07, 6.45) is 8.24. The largest absolute Gasteiger partial charge is 0.357 e. The maximum absolute atomic E-state index is 4.86. The summed E-state index contributed by atoms with van der Waals surface area (Å²) in [6.45, 7) is 15.4. The Morgan fingerprint density at radius 1 is 1.26 bits per heavy atom. The molecule has 0 aromatic carbocycles. The van der Waals surface area contributed by atoms with Crippen LogP contribution in [0.1, 0.15) is 47.0 Å². The highest BCUT2D eigenvalue weighted by molar-refractivity contribution is 14.0. The Morgan fingerprint density at radius 2 is 1.96 bits per heavy atom. The lowest BCUT2D eigenvalue weighted by atomic mass is 9.91. The first-order valence-electron chi connectivity index (χ1n) is 8.92. The fourth-order valence-corrected chi connectivity index (χ4v) is 3.24. The predicted molar refractivity (Wildman–Crippen MR) is 111 cm³/mol. The number of aliphatic imine (C=N–C) groups is 1. The number of likely N-dealkylation sites (tertiary alicyclic amines) is 1. The first-order valence-corrected chi connectivity index (χ1v) is 8.92. The lowest BCUT2D eigenvalue weighted by molar-refractivity contribution is 0.259. The molecule has 2 heterocycles. The van der Waals surface area contributed by atoms with E-state index in [9.17, 15) is 0 Å². The van der Waals surface area contributed by atoms with Gasteiger partial charge in [0.05, 0.1) is 0 Å². The Bertz CT molecular complexity index is 392. The summed E-state index contributed by atoms with van der Waals surface area (Å²) in [5.41, 5.74) is 0.412. The summed E-state index contributed by atoms with van der Waals surface area (Å²) >= 11 is 0. The third-order valence-corrected chi connectivity index (χ3v) is 4.51. The molecule has 0 spiro atoms. The first-order chi connectivity index (χ1) is 10.5. The minimum atomic E-state index is 0. The molecule has 1 saturated heterocycles. The Kier molecular flexibility index (Phi) is 8.90. The molecule has 0 radical (unpaired) electrons. The van der Waals surface area contributed by atoms with Crippen molar-refractivity contribution in [3.8, 4) is 0 Å².